The number of rotatable bonds is 7. The maximum atomic E-state index is 12.4. The molecular formula is C19H19N3O3S. The fourth-order valence-electron chi connectivity index (χ4n) is 2.60. The Kier molecular flexibility index (Phi) is 5.58. The molecule has 26 heavy (non-hydrogen) atoms. The predicted molar refractivity (Wildman–Crippen MR) is 101 cm³/mol. The number of Topliss-reactive ketones (excluding diaryl/α,β-unsaturated/α-hetero) is 1. The molecule has 2 aromatic carbocycles. The van der Waals surface area contributed by atoms with E-state index in [0.29, 0.717) is 16.5 Å². The van der Waals surface area contributed by atoms with E-state index >= 15 is 0 Å². The van der Waals surface area contributed by atoms with Crippen molar-refractivity contribution in [3.63, 3.8) is 0 Å². The van der Waals surface area contributed by atoms with Gasteiger partial charge in [0.15, 0.2) is 10.9 Å². The summed E-state index contributed by atoms with van der Waals surface area (Å²) in [6.07, 6.45) is 0. The third-order valence-electron chi connectivity index (χ3n) is 4.09. The lowest BCUT2D eigenvalue weighted by atomic mass is 10.1. The number of hydrogen-bond donors (Lipinski definition) is 1. The highest BCUT2D eigenvalue weighted by Crippen LogP contribution is 2.23. The highest BCUT2D eigenvalue weighted by Gasteiger charge is 2.18. The summed E-state index contributed by atoms with van der Waals surface area (Å²) in [7, 11) is 1.58. The molecule has 1 heterocycles. The molecule has 1 aromatic heterocycles. The average Bonchev–Trinajstić information content (AvgIpc) is 3.06. The molecule has 1 atom stereocenters. The molecule has 134 valence electrons. The van der Waals surface area contributed by atoms with E-state index in [1.165, 1.54) is 11.8 Å². The fourth-order valence-corrected chi connectivity index (χ4v) is 3.52. The Labute approximate surface area is 155 Å². The van der Waals surface area contributed by atoms with Crippen LogP contribution in [0.3, 0.4) is 0 Å². The van der Waals surface area contributed by atoms with E-state index < -0.39 is 0 Å². The normalized spacial score (nSPS) is 11.9. The predicted octanol–water partition coefficient (Wildman–Crippen LogP) is 3.16. The molecular weight excluding hydrogens is 350 g/mol. The first-order chi connectivity index (χ1) is 12.6. The second-order valence-corrected chi connectivity index (χ2v) is 6.65. The topological polar surface area (TPSA) is 77.0 Å². The maximum Gasteiger partial charge on any atom is 0.344 e. The molecule has 1 N–H and O–H groups in total. The smallest absolute Gasteiger partial charge is 0.344 e. The zero-order chi connectivity index (χ0) is 18.5. The fraction of sp³-hybridized carbons (Fsp3) is 0.211. The van der Waals surface area contributed by atoms with Gasteiger partial charge in [-0.1, -0.05) is 42.1 Å². The molecule has 0 aliphatic rings. The Balaban J connectivity index is 1.74. The minimum Gasteiger partial charge on any atom is -0.497 e. The van der Waals surface area contributed by atoms with Crippen LogP contribution in [-0.2, 0) is 0 Å². The molecule has 3 aromatic rings. The Bertz CT molecular complexity index is 933. The summed E-state index contributed by atoms with van der Waals surface area (Å²) in [5.74, 6) is 0.858. The Hall–Kier alpha value is -2.80. The van der Waals surface area contributed by atoms with Crippen molar-refractivity contribution in [2.24, 2.45) is 0 Å². The highest BCUT2D eigenvalue weighted by molar-refractivity contribution is 7.99. The van der Waals surface area contributed by atoms with Gasteiger partial charge in [0.25, 0.3) is 0 Å². The van der Waals surface area contributed by atoms with Crippen molar-refractivity contribution in [2.45, 2.75) is 18.1 Å². The summed E-state index contributed by atoms with van der Waals surface area (Å²) >= 11 is 1.24. The number of nitrogens with one attached hydrogen (secondary N) is 1. The number of nitrogens with zero attached hydrogens (tertiary/aromatic N) is 2. The van der Waals surface area contributed by atoms with E-state index in [-0.39, 0.29) is 23.3 Å². The van der Waals surface area contributed by atoms with Gasteiger partial charge >= 0.3 is 5.69 Å². The number of carbonyl (C=O) groups excluding carboxylic acids is 1. The molecule has 0 bridgehead atoms. The van der Waals surface area contributed by atoms with Crippen LogP contribution >= 0.6 is 11.8 Å². The van der Waals surface area contributed by atoms with E-state index in [1.54, 1.807) is 35.9 Å². The van der Waals surface area contributed by atoms with Crippen LogP contribution in [0.1, 0.15) is 28.9 Å². The third-order valence-corrected chi connectivity index (χ3v) is 5.04. The van der Waals surface area contributed by atoms with Gasteiger partial charge in [-0.2, -0.15) is 0 Å². The van der Waals surface area contributed by atoms with Gasteiger partial charge in [-0.15, -0.1) is 5.10 Å². The largest absolute Gasteiger partial charge is 0.497 e. The molecule has 0 saturated carbocycles. The molecule has 0 spiro atoms. The minimum atomic E-state index is -0.291. The molecule has 3 rings (SSSR count). The summed E-state index contributed by atoms with van der Waals surface area (Å²) < 4.78 is 6.67. The zero-order valence-corrected chi connectivity index (χ0v) is 15.3. The number of thioether (sulfide) groups is 1. The molecule has 0 amide bonds. The summed E-state index contributed by atoms with van der Waals surface area (Å²) in [5.41, 5.74) is 1.30. The van der Waals surface area contributed by atoms with Crippen LogP contribution in [0.4, 0.5) is 0 Å². The third kappa shape index (κ3) is 3.88. The molecule has 0 saturated heterocycles. The summed E-state index contributed by atoms with van der Waals surface area (Å²) in [4.78, 5) is 24.6. The average molecular weight is 369 g/mol. The van der Waals surface area contributed by atoms with Crippen molar-refractivity contribution < 1.29 is 9.53 Å². The van der Waals surface area contributed by atoms with Gasteiger partial charge in [-0.25, -0.2) is 9.89 Å². The summed E-state index contributed by atoms with van der Waals surface area (Å²) in [6.45, 7) is 1.93. The number of hydrogen-bond acceptors (Lipinski definition) is 5. The number of aromatic nitrogens is 3. The molecule has 0 aliphatic heterocycles. The van der Waals surface area contributed by atoms with Crippen molar-refractivity contribution in [1.82, 2.24) is 14.8 Å². The van der Waals surface area contributed by atoms with Crippen LogP contribution < -0.4 is 10.4 Å². The second-order valence-electron chi connectivity index (χ2n) is 5.71. The molecule has 7 heteroatoms. The van der Waals surface area contributed by atoms with Crippen molar-refractivity contribution in [2.75, 3.05) is 12.9 Å². The van der Waals surface area contributed by atoms with Crippen LogP contribution in [0.5, 0.6) is 5.75 Å². The van der Waals surface area contributed by atoms with Crippen LogP contribution in [0.25, 0.3) is 0 Å². The number of H-pyrrole nitrogens is 1. The number of ketones is 1. The highest BCUT2D eigenvalue weighted by atomic mass is 32.2. The zero-order valence-electron chi connectivity index (χ0n) is 14.5. The van der Waals surface area contributed by atoms with Crippen LogP contribution in [0.15, 0.2) is 64.5 Å². The van der Waals surface area contributed by atoms with Crippen LogP contribution in [-0.4, -0.2) is 33.4 Å². The van der Waals surface area contributed by atoms with Crippen LogP contribution in [0.2, 0.25) is 0 Å². The lowest BCUT2D eigenvalue weighted by Gasteiger charge is -2.14. The Morgan fingerprint density at radius 3 is 2.54 bits per heavy atom. The number of aromatic amines is 1. The Morgan fingerprint density at radius 2 is 1.88 bits per heavy atom. The first-order valence-corrected chi connectivity index (χ1v) is 9.10. The number of benzene rings is 2. The quantitative estimate of drug-likeness (QED) is 0.511. The molecule has 0 unspecified atom stereocenters. The molecule has 6 nitrogen and oxygen atoms in total. The summed E-state index contributed by atoms with van der Waals surface area (Å²) in [6, 6.07) is 16.5. The van der Waals surface area contributed by atoms with E-state index in [1.807, 2.05) is 37.3 Å². The van der Waals surface area contributed by atoms with Crippen LogP contribution in [0, 0.1) is 0 Å². The first kappa shape index (κ1) is 18.0. The lowest BCUT2D eigenvalue weighted by molar-refractivity contribution is 0.102. The van der Waals surface area contributed by atoms with Gasteiger partial charge in [0.05, 0.1) is 18.9 Å². The lowest BCUT2D eigenvalue weighted by Crippen LogP contribution is -2.22. The first-order valence-electron chi connectivity index (χ1n) is 8.12. The van der Waals surface area contributed by atoms with Gasteiger partial charge in [0.1, 0.15) is 5.75 Å². The maximum absolute atomic E-state index is 12.4. The van der Waals surface area contributed by atoms with Gasteiger partial charge < -0.3 is 4.74 Å². The Morgan fingerprint density at radius 1 is 1.19 bits per heavy atom. The SMILES string of the molecule is COc1ccc(C(=O)CSc2n[nH]c(=O)n2[C@@H](C)c2ccccc2)cc1. The van der Waals surface area contributed by atoms with Gasteiger partial charge in [-0.3, -0.25) is 9.36 Å². The number of ether oxygens (including phenoxy) is 1. The van der Waals surface area contributed by atoms with E-state index in [9.17, 15) is 9.59 Å². The minimum absolute atomic E-state index is 0.0352. The van der Waals surface area contributed by atoms with Crippen molar-refractivity contribution in [3.8, 4) is 5.75 Å². The van der Waals surface area contributed by atoms with Crippen molar-refractivity contribution in [3.05, 3.63) is 76.2 Å². The van der Waals surface area contributed by atoms with Crippen molar-refractivity contribution >= 4 is 17.5 Å². The van der Waals surface area contributed by atoms with Gasteiger partial charge in [0.2, 0.25) is 0 Å². The molecule has 0 fully saturated rings. The van der Waals surface area contributed by atoms with E-state index in [0.717, 1.165) is 5.56 Å². The number of carbonyl (C=O) groups is 1. The monoisotopic (exact) mass is 369 g/mol. The molecule has 0 radical (unpaired) electrons. The van der Waals surface area contributed by atoms with Gasteiger partial charge in [0, 0.05) is 5.56 Å². The second kappa shape index (κ2) is 8.05. The molecule has 0 aliphatic carbocycles. The standard InChI is InChI=1S/C19H19N3O3S/c1-13(14-6-4-3-5-7-14)22-18(24)20-21-19(22)26-12-17(23)15-8-10-16(25-2)11-9-15/h3-11,13H,12H2,1-2H3,(H,20,24)/t13-/m0/s1. The van der Waals surface area contributed by atoms with Crippen molar-refractivity contribution in [1.29, 1.82) is 0 Å². The van der Waals surface area contributed by atoms with E-state index in [4.69, 9.17) is 4.74 Å². The summed E-state index contributed by atoms with van der Waals surface area (Å²) in [5, 5.41) is 7.04. The van der Waals surface area contributed by atoms with E-state index in [2.05, 4.69) is 10.2 Å². The van der Waals surface area contributed by atoms with Gasteiger partial charge in [-0.05, 0) is 36.8 Å². The number of methoxy groups -OCH3 is 1.